The molecule has 2 aromatic carbocycles. The number of imidazole rings is 1. The smallest absolute Gasteiger partial charge is 0.224 e. The molecule has 2 aromatic heterocycles. The highest BCUT2D eigenvalue weighted by molar-refractivity contribution is 7.90. The number of aryl methyl sites for hydroxylation is 1. The molecule has 1 N–H and O–H groups in total. The highest BCUT2D eigenvalue weighted by Gasteiger charge is 2.21. The standard InChI is InChI=1S/C26H28N6O3S/c1-36(34,35)14-11-23-16-28-25(21-9-8-19-5-2-3-6-20(19)15-21)32(23)24-10-12-27-26(30-24)29-22-7-4-13-31(17-22)18-33/h2-3,5-6,8-10,12,15-16,18,22H,4,7,11,13-14,17H2,1H3,(H,27,29,30). The van der Waals surface area contributed by atoms with Gasteiger partial charge in [0.2, 0.25) is 12.4 Å². The summed E-state index contributed by atoms with van der Waals surface area (Å²) < 4.78 is 25.7. The molecule has 1 fully saturated rings. The van der Waals surface area contributed by atoms with Crippen molar-refractivity contribution in [1.29, 1.82) is 0 Å². The first-order valence-electron chi connectivity index (χ1n) is 11.9. The van der Waals surface area contributed by atoms with E-state index >= 15 is 0 Å². The van der Waals surface area contributed by atoms with Gasteiger partial charge in [-0.25, -0.2) is 18.4 Å². The molecule has 4 aromatic rings. The molecule has 1 amide bonds. The molecule has 186 valence electrons. The van der Waals surface area contributed by atoms with Crippen molar-refractivity contribution in [3.05, 3.63) is 66.6 Å². The van der Waals surface area contributed by atoms with E-state index in [1.807, 2.05) is 22.8 Å². The Bertz CT molecular complexity index is 1500. The minimum atomic E-state index is -3.16. The molecule has 9 nitrogen and oxygen atoms in total. The summed E-state index contributed by atoms with van der Waals surface area (Å²) in [6.45, 7) is 1.36. The van der Waals surface area contributed by atoms with Gasteiger partial charge in [0.05, 0.1) is 5.75 Å². The Morgan fingerprint density at radius 1 is 1.11 bits per heavy atom. The van der Waals surface area contributed by atoms with Crippen molar-refractivity contribution < 1.29 is 13.2 Å². The number of hydrogen-bond acceptors (Lipinski definition) is 7. The first kappa shape index (κ1) is 23.9. The normalized spacial score (nSPS) is 16.2. The number of nitrogens with zero attached hydrogens (tertiary/aromatic N) is 5. The number of benzene rings is 2. The van der Waals surface area contributed by atoms with E-state index in [0.29, 0.717) is 30.6 Å². The van der Waals surface area contributed by atoms with Crippen LogP contribution >= 0.6 is 0 Å². The Balaban J connectivity index is 1.53. The van der Waals surface area contributed by atoms with Crippen LogP contribution in [0.5, 0.6) is 0 Å². The molecule has 0 aliphatic carbocycles. The molecule has 1 atom stereocenters. The van der Waals surface area contributed by atoms with E-state index in [1.54, 1.807) is 23.4 Å². The molecule has 0 saturated carbocycles. The van der Waals surface area contributed by atoms with Gasteiger partial charge in [0.15, 0.2) is 0 Å². The Labute approximate surface area is 210 Å². The van der Waals surface area contributed by atoms with Crippen LogP contribution in [0.15, 0.2) is 60.9 Å². The number of piperidine rings is 1. The zero-order valence-corrected chi connectivity index (χ0v) is 20.9. The van der Waals surface area contributed by atoms with Crippen molar-refractivity contribution in [2.75, 3.05) is 30.4 Å². The number of aromatic nitrogens is 4. The van der Waals surface area contributed by atoms with Gasteiger partial charge in [-0.2, -0.15) is 4.98 Å². The quantitative estimate of drug-likeness (QED) is 0.367. The van der Waals surface area contributed by atoms with Gasteiger partial charge in [0, 0.05) is 55.5 Å². The Hall–Kier alpha value is -3.79. The van der Waals surface area contributed by atoms with Crippen LogP contribution < -0.4 is 5.32 Å². The fourth-order valence-corrected chi connectivity index (χ4v) is 5.17. The van der Waals surface area contributed by atoms with Gasteiger partial charge in [-0.15, -0.1) is 0 Å². The van der Waals surface area contributed by atoms with Crippen molar-refractivity contribution in [2.45, 2.75) is 25.3 Å². The van der Waals surface area contributed by atoms with E-state index in [2.05, 4.69) is 39.6 Å². The molecule has 0 radical (unpaired) electrons. The summed E-state index contributed by atoms with van der Waals surface area (Å²) >= 11 is 0. The van der Waals surface area contributed by atoms with Crippen LogP contribution in [-0.4, -0.2) is 70.4 Å². The Morgan fingerprint density at radius 2 is 1.94 bits per heavy atom. The summed E-state index contributed by atoms with van der Waals surface area (Å²) in [7, 11) is -3.16. The maximum absolute atomic E-state index is 11.9. The lowest BCUT2D eigenvalue weighted by Gasteiger charge is -2.30. The Morgan fingerprint density at radius 3 is 2.75 bits per heavy atom. The molecule has 0 bridgehead atoms. The average Bonchev–Trinajstić information content (AvgIpc) is 3.31. The van der Waals surface area contributed by atoms with Gasteiger partial charge in [-0.05, 0) is 35.7 Å². The van der Waals surface area contributed by atoms with Crippen molar-refractivity contribution >= 4 is 33.0 Å². The molecule has 36 heavy (non-hydrogen) atoms. The number of sulfone groups is 1. The number of rotatable bonds is 8. The SMILES string of the molecule is CS(=O)(=O)CCc1cnc(-c2ccc3ccccc3c2)n1-c1ccnc(NC2CCCN(C=O)C2)n1. The van der Waals surface area contributed by atoms with Crippen LogP contribution in [0.25, 0.3) is 28.0 Å². The van der Waals surface area contributed by atoms with E-state index in [0.717, 1.165) is 47.8 Å². The number of amides is 1. The zero-order valence-electron chi connectivity index (χ0n) is 20.0. The summed E-state index contributed by atoms with van der Waals surface area (Å²) in [5.74, 6) is 1.74. The third-order valence-corrected chi connectivity index (χ3v) is 7.32. The van der Waals surface area contributed by atoms with E-state index in [1.165, 1.54) is 6.26 Å². The highest BCUT2D eigenvalue weighted by Crippen LogP contribution is 2.27. The monoisotopic (exact) mass is 504 g/mol. The fraction of sp³-hybridized carbons (Fsp3) is 0.308. The molecule has 1 aliphatic heterocycles. The van der Waals surface area contributed by atoms with Gasteiger partial charge in [-0.3, -0.25) is 9.36 Å². The molecule has 5 rings (SSSR count). The summed E-state index contributed by atoms with van der Waals surface area (Å²) in [5, 5.41) is 5.57. The number of likely N-dealkylation sites (tertiary alicyclic amines) is 1. The lowest BCUT2D eigenvalue weighted by molar-refractivity contribution is -0.119. The van der Waals surface area contributed by atoms with Gasteiger partial charge >= 0.3 is 0 Å². The predicted molar refractivity (Wildman–Crippen MR) is 140 cm³/mol. The summed E-state index contributed by atoms with van der Waals surface area (Å²) in [5.41, 5.74) is 1.65. The third-order valence-electron chi connectivity index (χ3n) is 6.38. The number of nitrogens with one attached hydrogen (secondary N) is 1. The number of fused-ring (bicyclic) bond motifs is 1. The fourth-order valence-electron chi connectivity index (χ4n) is 4.59. The molecule has 1 unspecified atom stereocenters. The molecule has 1 saturated heterocycles. The van der Waals surface area contributed by atoms with Crippen molar-refractivity contribution in [3.63, 3.8) is 0 Å². The van der Waals surface area contributed by atoms with Crippen LogP contribution in [0.1, 0.15) is 18.5 Å². The first-order chi connectivity index (χ1) is 17.4. The van der Waals surface area contributed by atoms with Crippen LogP contribution in [0.4, 0.5) is 5.95 Å². The molecular formula is C26H28N6O3S. The topological polar surface area (TPSA) is 110 Å². The van der Waals surface area contributed by atoms with E-state index in [-0.39, 0.29) is 11.8 Å². The zero-order chi connectivity index (χ0) is 25.1. The van der Waals surface area contributed by atoms with Gasteiger partial charge in [0.25, 0.3) is 0 Å². The van der Waals surface area contributed by atoms with Crippen molar-refractivity contribution in [2.24, 2.45) is 0 Å². The largest absolute Gasteiger partial charge is 0.350 e. The first-order valence-corrected chi connectivity index (χ1v) is 14.0. The van der Waals surface area contributed by atoms with Crippen LogP contribution in [0, 0.1) is 0 Å². The van der Waals surface area contributed by atoms with Crippen molar-refractivity contribution in [3.8, 4) is 17.2 Å². The number of carbonyl (C=O) groups is 1. The van der Waals surface area contributed by atoms with Crippen LogP contribution in [0.2, 0.25) is 0 Å². The summed E-state index contributed by atoms with van der Waals surface area (Å²) in [6, 6.07) is 16.1. The van der Waals surface area contributed by atoms with E-state index in [4.69, 9.17) is 4.98 Å². The molecule has 3 heterocycles. The number of anilines is 1. The van der Waals surface area contributed by atoms with Gasteiger partial charge < -0.3 is 10.2 Å². The van der Waals surface area contributed by atoms with Crippen LogP contribution in [-0.2, 0) is 21.1 Å². The van der Waals surface area contributed by atoms with Gasteiger partial charge in [0.1, 0.15) is 21.5 Å². The molecular weight excluding hydrogens is 476 g/mol. The second-order valence-electron chi connectivity index (χ2n) is 9.17. The van der Waals surface area contributed by atoms with E-state index in [9.17, 15) is 13.2 Å². The maximum atomic E-state index is 11.9. The summed E-state index contributed by atoms with van der Waals surface area (Å²) in [6.07, 6.45) is 7.65. The molecule has 0 spiro atoms. The number of carbonyl (C=O) groups excluding carboxylic acids is 1. The van der Waals surface area contributed by atoms with E-state index < -0.39 is 9.84 Å². The van der Waals surface area contributed by atoms with Crippen LogP contribution in [0.3, 0.4) is 0 Å². The average molecular weight is 505 g/mol. The highest BCUT2D eigenvalue weighted by atomic mass is 32.2. The molecule has 10 heteroatoms. The number of hydrogen-bond donors (Lipinski definition) is 1. The second-order valence-corrected chi connectivity index (χ2v) is 11.4. The minimum absolute atomic E-state index is 0.00957. The summed E-state index contributed by atoms with van der Waals surface area (Å²) in [4.78, 5) is 26.8. The second kappa shape index (κ2) is 10.1. The van der Waals surface area contributed by atoms with Crippen molar-refractivity contribution in [1.82, 2.24) is 24.4 Å². The molecule has 1 aliphatic rings. The third kappa shape index (κ3) is 5.38. The maximum Gasteiger partial charge on any atom is 0.224 e. The Kier molecular flexibility index (Phi) is 6.69. The minimum Gasteiger partial charge on any atom is -0.350 e. The lowest BCUT2D eigenvalue weighted by atomic mass is 10.1. The van der Waals surface area contributed by atoms with Gasteiger partial charge in [-0.1, -0.05) is 36.4 Å². The lowest BCUT2D eigenvalue weighted by Crippen LogP contribution is -2.41. The predicted octanol–water partition coefficient (Wildman–Crippen LogP) is 3.10.